The van der Waals surface area contributed by atoms with E-state index in [0.717, 1.165) is 77.0 Å². The third kappa shape index (κ3) is 73.0. The number of nitrogens with zero attached hydrogens (tertiary/aromatic N) is 1. The number of rotatable bonds is 71. The zero-order chi connectivity index (χ0) is 64.8. The molecule has 0 rings (SSSR count). The largest absolute Gasteiger partial charge is 0.756 e. The molecule has 8 nitrogen and oxygen atoms in total. The molecule has 0 aromatic rings. The van der Waals surface area contributed by atoms with E-state index in [1.807, 2.05) is 27.2 Å². The van der Waals surface area contributed by atoms with E-state index in [-0.39, 0.29) is 19.1 Å². The van der Waals surface area contributed by atoms with E-state index < -0.39 is 20.0 Å². The van der Waals surface area contributed by atoms with Crippen LogP contribution in [-0.4, -0.2) is 68.5 Å². The maximum Gasteiger partial charge on any atom is 0.268 e. The summed E-state index contributed by atoms with van der Waals surface area (Å²) in [7, 11) is 1.27. The topological polar surface area (TPSA) is 108 Å². The van der Waals surface area contributed by atoms with E-state index in [9.17, 15) is 19.4 Å². The summed E-state index contributed by atoms with van der Waals surface area (Å²) in [5, 5.41) is 14.0. The molecule has 0 aliphatic heterocycles. The second-order valence-corrected chi connectivity index (χ2v) is 28.7. The average Bonchev–Trinajstić information content (AvgIpc) is 3.57. The highest BCUT2D eigenvalue weighted by molar-refractivity contribution is 7.45. The van der Waals surface area contributed by atoms with Crippen molar-refractivity contribution >= 4 is 13.7 Å². The van der Waals surface area contributed by atoms with E-state index in [0.29, 0.717) is 17.4 Å². The molecule has 0 radical (unpaired) electrons. The van der Waals surface area contributed by atoms with Gasteiger partial charge in [-0.05, 0) is 70.6 Å². The van der Waals surface area contributed by atoms with Crippen molar-refractivity contribution < 1.29 is 32.9 Å². The Morgan fingerprint density at radius 2 is 0.685 bits per heavy atom. The highest BCUT2D eigenvalue weighted by Crippen LogP contribution is 2.38. The fraction of sp³-hybridized carbons (Fsp3) is 0.812. The van der Waals surface area contributed by atoms with Gasteiger partial charge in [0.15, 0.2) is 0 Å². The van der Waals surface area contributed by atoms with Gasteiger partial charge >= 0.3 is 0 Å². The lowest BCUT2D eigenvalue weighted by atomic mass is 10.0. The first kappa shape index (κ1) is 86.7. The van der Waals surface area contributed by atoms with Crippen molar-refractivity contribution in [3.8, 4) is 0 Å². The Balaban J connectivity index is 4.00. The maximum atomic E-state index is 13.1. The monoisotopic (exact) mass is 1270 g/mol. The molecule has 0 saturated heterocycles. The predicted molar refractivity (Wildman–Crippen MR) is 390 cm³/mol. The Morgan fingerprint density at radius 1 is 0.404 bits per heavy atom. The van der Waals surface area contributed by atoms with Crippen LogP contribution in [0, 0.1) is 0 Å². The number of nitrogens with one attached hydrogen (secondary N) is 1. The van der Waals surface area contributed by atoms with Crippen LogP contribution in [0.3, 0.4) is 0 Å². The van der Waals surface area contributed by atoms with Crippen molar-refractivity contribution in [1.29, 1.82) is 0 Å². The van der Waals surface area contributed by atoms with Gasteiger partial charge in [-0.3, -0.25) is 9.36 Å². The summed E-state index contributed by atoms with van der Waals surface area (Å²) in [6, 6.07) is -0.891. The number of aliphatic hydroxyl groups is 1. The molecule has 0 aliphatic rings. The van der Waals surface area contributed by atoms with Gasteiger partial charge in [-0.2, -0.15) is 0 Å². The highest BCUT2D eigenvalue weighted by Gasteiger charge is 2.23. The summed E-state index contributed by atoms with van der Waals surface area (Å²) in [5.74, 6) is -0.193. The normalized spacial score (nSPS) is 14.0. The van der Waals surface area contributed by atoms with Crippen LogP contribution < -0.4 is 10.2 Å². The number of carbonyl (C=O) groups excluding carboxylic acids is 1. The molecular formula is C80H149N2O6P. The maximum absolute atomic E-state index is 13.1. The number of phosphoric acid groups is 1. The lowest BCUT2D eigenvalue weighted by molar-refractivity contribution is -0.870. The fourth-order valence-electron chi connectivity index (χ4n) is 11.5. The lowest BCUT2D eigenvalue weighted by Gasteiger charge is -2.29. The number of aliphatic hydroxyl groups excluding tert-OH is 1. The molecular weight excluding hydrogens is 1120 g/mol. The van der Waals surface area contributed by atoms with Crippen LogP contribution in [0.4, 0.5) is 0 Å². The number of hydrogen-bond acceptors (Lipinski definition) is 6. The Bertz CT molecular complexity index is 1730. The van der Waals surface area contributed by atoms with E-state index in [1.54, 1.807) is 6.08 Å². The Labute approximate surface area is 554 Å². The van der Waals surface area contributed by atoms with Crippen LogP contribution in [0.5, 0.6) is 0 Å². The van der Waals surface area contributed by atoms with Crippen LogP contribution in [-0.2, 0) is 18.4 Å². The predicted octanol–water partition coefficient (Wildman–Crippen LogP) is 24.4. The van der Waals surface area contributed by atoms with Crippen LogP contribution in [0.2, 0.25) is 0 Å². The van der Waals surface area contributed by atoms with Gasteiger partial charge in [-0.25, -0.2) is 0 Å². The number of likely N-dealkylation sites (N-methyl/N-ethyl adjacent to an activating group) is 1. The molecule has 520 valence electrons. The minimum Gasteiger partial charge on any atom is -0.756 e. The van der Waals surface area contributed by atoms with Gasteiger partial charge in [0.25, 0.3) is 7.82 Å². The fourth-order valence-corrected chi connectivity index (χ4v) is 12.2. The van der Waals surface area contributed by atoms with Crippen LogP contribution >= 0.6 is 7.82 Å². The molecule has 0 fully saturated rings. The SMILES string of the molecule is CC/C=C\C/C=C\C/C=C\C/C=C\C/C=C\C/C=C\CCCCCCCCCCCCCCCCCCCCC(=O)NC(COP(=O)([O-])OCC[N+](C)(C)C)C(O)/C=C/CCCCCCCCCCCCCCCCCCCCCCCCCCCCCC. The smallest absolute Gasteiger partial charge is 0.268 e. The van der Waals surface area contributed by atoms with Gasteiger partial charge in [0.1, 0.15) is 13.2 Å². The van der Waals surface area contributed by atoms with Gasteiger partial charge in [0.2, 0.25) is 5.91 Å². The summed E-state index contributed by atoms with van der Waals surface area (Å²) < 4.78 is 23.5. The summed E-state index contributed by atoms with van der Waals surface area (Å²) in [4.78, 5) is 25.7. The molecule has 2 N–H and O–H groups in total. The summed E-state index contributed by atoms with van der Waals surface area (Å²) in [6.45, 7) is 4.58. The van der Waals surface area contributed by atoms with Gasteiger partial charge in [-0.1, -0.05) is 375 Å². The first-order chi connectivity index (χ1) is 43.5. The van der Waals surface area contributed by atoms with Gasteiger partial charge in [-0.15, -0.1) is 0 Å². The first-order valence-corrected chi connectivity index (χ1v) is 39.9. The molecule has 1 amide bonds. The first-order valence-electron chi connectivity index (χ1n) is 38.4. The van der Waals surface area contributed by atoms with E-state index >= 15 is 0 Å². The Hall–Kier alpha value is -2.32. The molecule has 3 atom stereocenters. The zero-order valence-corrected chi connectivity index (χ0v) is 60.5. The summed E-state index contributed by atoms with van der Waals surface area (Å²) in [5.41, 5.74) is 0. The van der Waals surface area contributed by atoms with E-state index in [1.165, 1.54) is 270 Å². The second kappa shape index (κ2) is 70.0. The van der Waals surface area contributed by atoms with Crippen LogP contribution in [0.15, 0.2) is 85.1 Å². The van der Waals surface area contributed by atoms with Gasteiger partial charge in [0.05, 0.1) is 39.9 Å². The molecule has 0 aromatic heterocycles. The third-order valence-corrected chi connectivity index (χ3v) is 18.3. The highest BCUT2D eigenvalue weighted by atomic mass is 31.2. The van der Waals surface area contributed by atoms with Crippen molar-refractivity contribution in [3.05, 3.63) is 85.1 Å². The quantitative estimate of drug-likeness (QED) is 0.0272. The van der Waals surface area contributed by atoms with Crippen molar-refractivity contribution in [2.45, 2.75) is 379 Å². The van der Waals surface area contributed by atoms with Crippen molar-refractivity contribution in [2.24, 2.45) is 0 Å². The molecule has 0 heterocycles. The van der Waals surface area contributed by atoms with Crippen molar-refractivity contribution in [1.82, 2.24) is 5.32 Å². The Morgan fingerprint density at radius 3 is 1.00 bits per heavy atom. The number of phosphoric ester groups is 1. The van der Waals surface area contributed by atoms with Gasteiger partial charge in [0, 0.05) is 6.42 Å². The molecule has 0 spiro atoms. The zero-order valence-electron chi connectivity index (χ0n) is 59.6. The minimum atomic E-state index is -4.61. The standard InChI is InChI=1S/C80H149N2O6P/c1-6-8-10-12-14-16-18-20-22-24-26-28-30-32-34-36-38-39-40-41-42-43-44-46-48-50-52-54-56-58-60-62-64-66-68-70-72-74-80(84)81-78(77-88-89(85,86)87-76-75-82(3,4)5)79(83)73-71-69-67-65-63-61-59-57-55-53-51-49-47-45-37-35-33-31-29-27-25-23-21-19-17-15-13-11-9-7-2/h8,10,14,16,20,22,26,28,32,34,38-39,71,73,78-79,83H,6-7,9,11-13,15,17-19,21,23-25,27,29-31,33,35-37,40-70,72,74-77H2,1-5H3,(H-,81,84,85,86)/b10-8-,16-14-,22-20-,28-26-,34-32-,39-38-,73-71+. The number of carbonyl (C=O) groups is 1. The van der Waals surface area contributed by atoms with E-state index in [4.69, 9.17) is 9.05 Å². The number of amides is 1. The number of allylic oxidation sites excluding steroid dienone is 13. The average molecular weight is 1270 g/mol. The summed E-state index contributed by atoms with van der Waals surface area (Å²) >= 11 is 0. The van der Waals surface area contributed by atoms with E-state index in [2.05, 4.69) is 92.1 Å². The lowest BCUT2D eigenvalue weighted by Crippen LogP contribution is -2.45. The Kier molecular flexibility index (Phi) is 68.2. The number of unbranched alkanes of at least 4 members (excludes halogenated alkanes) is 46. The molecule has 89 heavy (non-hydrogen) atoms. The molecule has 0 bridgehead atoms. The molecule has 0 saturated carbocycles. The van der Waals surface area contributed by atoms with Crippen molar-refractivity contribution in [3.63, 3.8) is 0 Å². The number of hydrogen-bond donors (Lipinski definition) is 2. The second-order valence-electron chi connectivity index (χ2n) is 27.3. The molecule has 0 aliphatic carbocycles. The molecule has 0 aromatic carbocycles. The van der Waals surface area contributed by atoms with Crippen LogP contribution in [0.25, 0.3) is 0 Å². The van der Waals surface area contributed by atoms with Crippen LogP contribution in [0.1, 0.15) is 367 Å². The molecule has 3 unspecified atom stereocenters. The van der Waals surface area contributed by atoms with Crippen molar-refractivity contribution in [2.75, 3.05) is 40.9 Å². The number of quaternary nitrogens is 1. The molecule has 9 heteroatoms. The third-order valence-electron chi connectivity index (χ3n) is 17.4. The minimum absolute atomic E-state index is 0.00148. The summed E-state index contributed by atoms with van der Waals surface area (Å²) in [6.07, 6.45) is 100. The van der Waals surface area contributed by atoms with Gasteiger partial charge < -0.3 is 28.8 Å².